The van der Waals surface area contributed by atoms with Crippen molar-refractivity contribution in [2.45, 2.75) is 20.3 Å². The molecule has 0 saturated carbocycles. The summed E-state index contributed by atoms with van der Waals surface area (Å²) >= 11 is 0. The van der Waals surface area contributed by atoms with Crippen LogP contribution in [0.15, 0.2) is 34.9 Å². The first-order valence-corrected chi connectivity index (χ1v) is 6.77. The number of esters is 1. The molecule has 1 aromatic heterocycles. The van der Waals surface area contributed by atoms with E-state index in [2.05, 4.69) is 4.98 Å². The third kappa shape index (κ3) is 3.98. The molecule has 0 N–H and O–H groups in total. The average molecular weight is 291 g/mol. The van der Waals surface area contributed by atoms with Crippen LogP contribution in [0, 0.1) is 0 Å². The zero-order chi connectivity index (χ0) is 15.1. The summed E-state index contributed by atoms with van der Waals surface area (Å²) in [7, 11) is 0. The van der Waals surface area contributed by atoms with Gasteiger partial charge in [0, 0.05) is 0 Å². The number of benzene rings is 1. The highest BCUT2D eigenvalue weighted by atomic mass is 16.6. The maximum atomic E-state index is 11.5. The van der Waals surface area contributed by atoms with Gasteiger partial charge in [0.25, 0.3) is 0 Å². The van der Waals surface area contributed by atoms with E-state index in [4.69, 9.17) is 18.6 Å². The maximum Gasteiger partial charge on any atom is 0.400 e. The number of oxazole rings is 1. The minimum Gasteiger partial charge on any atom is -0.490 e. The highest BCUT2D eigenvalue weighted by molar-refractivity contribution is 5.86. The Labute approximate surface area is 122 Å². The Balaban J connectivity index is 2.10. The van der Waals surface area contributed by atoms with Crippen LogP contribution in [0.2, 0.25) is 0 Å². The van der Waals surface area contributed by atoms with Crippen LogP contribution >= 0.6 is 0 Å². The normalized spacial score (nSPS) is 10.2. The number of rotatable bonds is 7. The van der Waals surface area contributed by atoms with Crippen molar-refractivity contribution in [3.63, 3.8) is 0 Å². The van der Waals surface area contributed by atoms with E-state index in [-0.39, 0.29) is 18.4 Å². The number of carbonyl (C=O) groups is 1. The summed E-state index contributed by atoms with van der Waals surface area (Å²) in [5.74, 6) is 0.519. The molecule has 2 rings (SSSR count). The molecule has 0 spiro atoms. The number of carbonyl (C=O) groups excluding carboxylic acids is 1. The van der Waals surface area contributed by atoms with Crippen molar-refractivity contribution in [1.29, 1.82) is 0 Å². The summed E-state index contributed by atoms with van der Waals surface area (Å²) in [6, 6.07) is 7.18. The molecule has 0 radical (unpaired) electrons. The van der Waals surface area contributed by atoms with Gasteiger partial charge in [0.2, 0.25) is 0 Å². The first-order chi connectivity index (χ1) is 10.2. The average Bonchev–Trinajstić information content (AvgIpc) is 2.95. The van der Waals surface area contributed by atoms with Gasteiger partial charge in [-0.15, -0.1) is 0 Å². The lowest BCUT2D eigenvalue weighted by Gasteiger charge is -2.09. The zero-order valence-corrected chi connectivity index (χ0v) is 12.0. The smallest absolute Gasteiger partial charge is 0.400 e. The van der Waals surface area contributed by atoms with Gasteiger partial charge in [0.15, 0.2) is 17.2 Å². The second-order valence-electron chi connectivity index (χ2n) is 4.12. The molecule has 0 saturated heterocycles. The van der Waals surface area contributed by atoms with Crippen molar-refractivity contribution < 1.29 is 23.4 Å². The predicted molar refractivity (Wildman–Crippen MR) is 74.8 cm³/mol. The fourth-order valence-corrected chi connectivity index (χ4v) is 1.56. The maximum absolute atomic E-state index is 11.5. The zero-order valence-electron chi connectivity index (χ0n) is 12.0. The Hall–Kier alpha value is -2.50. The van der Waals surface area contributed by atoms with Gasteiger partial charge < -0.3 is 18.6 Å². The Morgan fingerprint density at radius 2 is 2.00 bits per heavy atom. The van der Waals surface area contributed by atoms with Crippen molar-refractivity contribution in [2.24, 2.45) is 0 Å². The van der Waals surface area contributed by atoms with E-state index in [1.807, 2.05) is 19.1 Å². The molecule has 0 aliphatic rings. The monoisotopic (exact) mass is 291 g/mol. The Morgan fingerprint density at radius 3 is 2.71 bits per heavy atom. The van der Waals surface area contributed by atoms with Crippen molar-refractivity contribution in [3.8, 4) is 17.6 Å². The molecule has 0 unspecified atom stereocenters. The van der Waals surface area contributed by atoms with Crippen molar-refractivity contribution in [1.82, 2.24) is 4.98 Å². The molecule has 0 aliphatic heterocycles. The number of nitrogens with zero attached hydrogens (tertiary/aromatic N) is 1. The lowest BCUT2D eigenvalue weighted by molar-refractivity contribution is 0.0519. The van der Waals surface area contributed by atoms with E-state index in [0.29, 0.717) is 18.1 Å². The second kappa shape index (κ2) is 7.33. The number of ether oxygens (including phenoxy) is 3. The van der Waals surface area contributed by atoms with Crippen LogP contribution in [-0.2, 0) is 4.74 Å². The molecule has 0 atom stereocenters. The van der Waals surface area contributed by atoms with Crippen LogP contribution < -0.4 is 9.47 Å². The van der Waals surface area contributed by atoms with Gasteiger partial charge in [-0.3, -0.25) is 0 Å². The highest BCUT2D eigenvalue weighted by Gasteiger charge is 2.15. The predicted octanol–water partition coefficient (Wildman–Crippen LogP) is 3.43. The van der Waals surface area contributed by atoms with E-state index < -0.39 is 5.97 Å². The van der Waals surface area contributed by atoms with Gasteiger partial charge in [-0.2, -0.15) is 4.98 Å². The van der Waals surface area contributed by atoms with E-state index >= 15 is 0 Å². The first kappa shape index (κ1) is 14.9. The number of hydrogen-bond donors (Lipinski definition) is 0. The summed E-state index contributed by atoms with van der Waals surface area (Å²) in [6.45, 7) is 4.59. The van der Waals surface area contributed by atoms with Crippen LogP contribution in [-0.4, -0.2) is 24.2 Å². The van der Waals surface area contributed by atoms with E-state index in [0.717, 1.165) is 6.42 Å². The van der Waals surface area contributed by atoms with Crippen molar-refractivity contribution in [2.75, 3.05) is 13.2 Å². The molecule has 6 heteroatoms. The SMILES string of the molecule is CCCOc1ccccc1Oc1nc(C(=O)OCC)co1. The summed E-state index contributed by atoms with van der Waals surface area (Å²) in [5.41, 5.74) is 0.0683. The number of hydrogen-bond acceptors (Lipinski definition) is 6. The van der Waals surface area contributed by atoms with Gasteiger partial charge >= 0.3 is 12.0 Å². The first-order valence-electron chi connectivity index (χ1n) is 6.77. The molecule has 0 aliphatic carbocycles. The Bertz CT molecular complexity index is 593. The van der Waals surface area contributed by atoms with E-state index in [1.165, 1.54) is 6.26 Å². The van der Waals surface area contributed by atoms with Crippen LogP contribution in [0.4, 0.5) is 0 Å². The fourth-order valence-electron chi connectivity index (χ4n) is 1.56. The minimum atomic E-state index is -0.549. The standard InChI is InChI=1S/C15H17NO5/c1-3-9-19-12-7-5-6-8-13(12)21-15-16-11(10-20-15)14(17)18-4-2/h5-8,10H,3-4,9H2,1-2H3. The quantitative estimate of drug-likeness (QED) is 0.728. The lowest BCUT2D eigenvalue weighted by Crippen LogP contribution is -2.04. The van der Waals surface area contributed by atoms with Crippen LogP contribution in [0.5, 0.6) is 17.6 Å². The minimum absolute atomic E-state index is 0.0365. The van der Waals surface area contributed by atoms with Crippen LogP contribution in [0.1, 0.15) is 30.8 Å². The van der Waals surface area contributed by atoms with Gasteiger partial charge in [0.05, 0.1) is 13.2 Å². The molecule has 6 nitrogen and oxygen atoms in total. The molecule has 1 heterocycles. The number of para-hydroxylation sites is 2. The largest absolute Gasteiger partial charge is 0.490 e. The number of aromatic nitrogens is 1. The molecule has 112 valence electrons. The molecular formula is C15H17NO5. The summed E-state index contributed by atoms with van der Waals surface area (Å²) in [6.07, 6.45) is 2.05. The summed E-state index contributed by atoms with van der Waals surface area (Å²) in [5, 5.41) is 0. The molecule has 2 aromatic rings. The van der Waals surface area contributed by atoms with Crippen molar-refractivity contribution in [3.05, 3.63) is 36.2 Å². The topological polar surface area (TPSA) is 70.8 Å². The van der Waals surface area contributed by atoms with Gasteiger partial charge in [-0.05, 0) is 25.5 Å². The van der Waals surface area contributed by atoms with Gasteiger partial charge in [-0.1, -0.05) is 19.1 Å². The Morgan fingerprint density at radius 1 is 1.24 bits per heavy atom. The van der Waals surface area contributed by atoms with Crippen LogP contribution in [0.3, 0.4) is 0 Å². The molecule has 1 aromatic carbocycles. The van der Waals surface area contributed by atoms with Crippen molar-refractivity contribution >= 4 is 5.97 Å². The molecule has 0 amide bonds. The molecule has 21 heavy (non-hydrogen) atoms. The highest BCUT2D eigenvalue weighted by Crippen LogP contribution is 2.30. The third-order valence-electron chi connectivity index (χ3n) is 2.48. The van der Waals surface area contributed by atoms with Crippen LogP contribution in [0.25, 0.3) is 0 Å². The fraction of sp³-hybridized carbons (Fsp3) is 0.333. The summed E-state index contributed by atoms with van der Waals surface area (Å²) in [4.78, 5) is 15.4. The lowest BCUT2D eigenvalue weighted by atomic mass is 10.3. The third-order valence-corrected chi connectivity index (χ3v) is 2.48. The summed E-state index contributed by atoms with van der Waals surface area (Å²) < 4.78 is 21.0. The molecular weight excluding hydrogens is 274 g/mol. The van der Waals surface area contributed by atoms with E-state index in [9.17, 15) is 4.79 Å². The second-order valence-corrected chi connectivity index (χ2v) is 4.12. The van der Waals surface area contributed by atoms with E-state index in [1.54, 1.807) is 19.1 Å². The Kier molecular flexibility index (Phi) is 5.20. The van der Waals surface area contributed by atoms with Gasteiger partial charge in [0.1, 0.15) is 6.26 Å². The molecule has 0 fully saturated rings. The van der Waals surface area contributed by atoms with Gasteiger partial charge in [-0.25, -0.2) is 4.79 Å². The molecule has 0 bridgehead atoms.